The van der Waals surface area contributed by atoms with Gasteiger partial charge in [0.2, 0.25) is 0 Å². The molecule has 0 bridgehead atoms. The van der Waals surface area contributed by atoms with Gasteiger partial charge in [0, 0.05) is 12.8 Å². The number of esters is 2. The molecule has 84 heavy (non-hydrogen) atoms. The van der Waals surface area contributed by atoms with Crippen LogP contribution in [0.4, 0.5) is 0 Å². The van der Waals surface area contributed by atoms with Gasteiger partial charge in [-0.1, -0.05) is 311 Å². The molecule has 0 amide bonds. The van der Waals surface area contributed by atoms with Crippen LogP contribution >= 0.6 is 7.82 Å². The van der Waals surface area contributed by atoms with E-state index in [4.69, 9.17) is 18.5 Å². The van der Waals surface area contributed by atoms with Crippen molar-refractivity contribution in [2.45, 2.75) is 341 Å². The molecular formula is C74H136NO8P. The summed E-state index contributed by atoms with van der Waals surface area (Å²) in [6.45, 7) is 4.18. The third kappa shape index (κ3) is 68.6. The highest BCUT2D eigenvalue weighted by Crippen LogP contribution is 2.38. The summed E-state index contributed by atoms with van der Waals surface area (Å²) in [6, 6.07) is 0. The van der Waals surface area contributed by atoms with Crippen LogP contribution in [-0.2, 0) is 32.7 Å². The first-order valence-corrected chi connectivity index (χ1v) is 37.1. The summed E-state index contributed by atoms with van der Waals surface area (Å²) in [6.07, 6.45) is 87.0. The van der Waals surface area contributed by atoms with E-state index in [0.29, 0.717) is 17.4 Å². The molecule has 0 aliphatic rings. The van der Waals surface area contributed by atoms with Gasteiger partial charge < -0.3 is 27.9 Å². The van der Waals surface area contributed by atoms with Gasteiger partial charge in [0.15, 0.2) is 6.10 Å². The molecule has 490 valence electrons. The Labute approximate surface area is 520 Å². The molecule has 0 rings (SSSR count). The van der Waals surface area contributed by atoms with Crippen LogP contribution in [0.5, 0.6) is 0 Å². The van der Waals surface area contributed by atoms with Crippen molar-refractivity contribution < 1.29 is 42.1 Å². The summed E-state index contributed by atoms with van der Waals surface area (Å²) in [5.41, 5.74) is 0. The second-order valence-corrected chi connectivity index (χ2v) is 26.6. The number of carbonyl (C=O) groups excluding carboxylic acids is 2. The van der Waals surface area contributed by atoms with Crippen LogP contribution in [0.2, 0.25) is 0 Å². The Morgan fingerprint density at radius 1 is 0.381 bits per heavy atom. The summed E-state index contributed by atoms with van der Waals surface area (Å²) in [5.74, 6) is -0.819. The third-order valence-corrected chi connectivity index (χ3v) is 16.7. The van der Waals surface area contributed by atoms with Crippen LogP contribution in [0.3, 0.4) is 0 Å². The highest BCUT2D eigenvalue weighted by atomic mass is 31.2. The Bertz CT molecular complexity index is 1650. The molecule has 0 aliphatic heterocycles. The van der Waals surface area contributed by atoms with Gasteiger partial charge in [-0.3, -0.25) is 14.2 Å². The SMILES string of the molecule is CC/C=C\C/C=C\C/C=C\C/C=C\C/C=C\CCCCCCCCCCCCCCCCCC(=O)OC(COC(=O)CCCCCCCCCCCCCCCCCCC/C=C\CCCCCCCCCC)COP(=O)([O-])OCC[N+](C)(C)C. The largest absolute Gasteiger partial charge is 0.756 e. The van der Waals surface area contributed by atoms with Crippen LogP contribution in [-0.4, -0.2) is 70.0 Å². The van der Waals surface area contributed by atoms with E-state index in [1.165, 1.54) is 231 Å². The molecule has 0 aromatic carbocycles. The van der Waals surface area contributed by atoms with E-state index in [1.807, 2.05) is 21.1 Å². The van der Waals surface area contributed by atoms with E-state index in [9.17, 15) is 19.0 Å². The number of allylic oxidation sites excluding steroid dienone is 12. The summed E-state index contributed by atoms with van der Waals surface area (Å²) in [7, 11) is 1.18. The number of hydrogen-bond donors (Lipinski definition) is 0. The van der Waals surface area contributed by atoms with Crippen molar-refractivity contribution in [2.24, 2.45) is 0 Å². The predicted molar refractivity (Wildman–Crippen MR) is 360 cm³/mol. The number of likely N-dealkylation sites (N-methyl/N-ethyl adjacent to an activating group) is 1. The average Bonchev–Trinajstić information content (AvgIpc) is 3.61. The number of phosphoric ester groups is 1. The summed E-state index contributed by atoms with van der Waals surface area (Å²) >= 11 is 0. The first-order valence-electron chi connectivity index (χ1n) is 35.6. The van der Waals surface area contributed by atoms with Crippen LogP contribution in [0.25, 0.3) is 0 Å². The minimum atomic E-state index is -4.64. The van der Waals surface area contributed by atoms with Crippen molar-refractivity contribution in [3.63, 3.8) is 0 Å². The Hall–Kier alpha value is -2.55. The minimum absolute atomic E-state index is 0.0308. The van der Waals surface area contributed by atoms with Crippen LogP contribution in [0, 0.1) is 0 Å². The number of ether oxygens (including phenoxy) is 2. The van der Waals surface area contributed by atoms with E-state index in [0.717, 1.165) is 70.6 Å². The van der Waals surface area contributed by atoms with Gasteiger partial charge in [-0.2, -0.15) is 0 Å². The molecule has 0 aliphatic carbocycles. The fourth-order valence-corrected chi connectivity index (χ4v) is 11.0. The quantitative estimate of drug-likeness (QED) is 0.0195. The minimum Gasteiger partial charge on any atom is -0.756 e. The number of unbranched alkanes of at least 4 members (excludes halogenated alkanes) is 40. The van der Waals surface area contributed by atoms with Gasteiger partial charge in [0.25, 0.3) is 7.82 Å². The zero-order chi connectivity index (χ0) is 61.2. The zero-order valence-corrected chi connectivity index (χ0v) is 56.7. The van der Waals surface area contributed by atoms with E-state index in [2.05, 4.69) is 86.8 Å². The van der Waals surface area contributed by atoms with Gasteiger partial charge in [-0.15, -0.1) is 0 Å². The Balaban J connectivity index is 4.02. The lowest BCUT2D eigenvalue weighted by atomic mass is 10.0. The lowest BCUT2D eigenvalue weighted by Crippen LogP contribution is -2.37. The average molecular weight is 1200 g/mol. The van der Waals surface area contributed by atoms with E-state index < -0.39 is 26.5 Å². The lowest BCUT2D eigenvalue weighted by Gasteiger charge is -2.28. The van der Waals surface area contributed by atoms with Gasteiger partial charge in [0.05, 0.1) is 27.7 Å². The van der Waals surface area contributed by atoms with Crippen LogP contribution < -0.4 is 4.89 Å². The fourth-order valence-electron chi connectivity index (χ4n) is 10.3. The van der Waals surface area contributed by atoms with Gasteiger partial charge in [-0.25, -0.2) is 0 Å². The molecule has 0 aromatic heterocycles. The number of carbonyl (C=O) groups is 2. The molecule has 0 spiro atoms. The van der Waals surface area contributed by atoms with Gasteiger partial charge in [-0.05, 0) is 83.5 Å². The molecular weight excluding hydrogens is 1060 g/mol. The fraction of sp³-hybridized carbons (Fsp3) is 0.811. The number of rotatable bonds is 66. The summed E-state index contributed by atoms with van der Waals surface area (Å²) < 4.78 is 34.3. The van der Waals surface area contributed by atoms with Crippen molar-refractivity contribution in [2.75, 3.05) is 47.5 Å². The Kier molecular flexibility index (Phi) is 62.9. The van der Waals surface area contributed by atoms with Crippen molar-refractivity contribution >= 4 is 19.8 Å². The Morgan fingerprint density at radius 3 is 1.02 bits per heavy atom. The normalized spacial score (nSPS) is 13.5. The van der Waals surface area contributed by atoms with Crippen LogP contribution in [0.1, 0.15) is 335 Å². The van der Waals surface area contributed by atoms with Gasteiger partial charge in [0.1, 0.15) is 19.8 Å². The highest BCUT2D eigenvalue weighted by molar-refractivity contribution is 7.45. The molecule has 0 N–H and O–H groups in total. The molecule has 2 atom stereocenters. The summed E-state index contributed by atoms with van der Waals surface area (Å²) in [4.78, 5) is 38.1. The first kappa shape index (κ1) is 81.5. The van der Waals surface area contributed by atoms with Crippen LogP contribution in [0.15, 0.2) is 72.9 Å². The zero-order valence-electron chi connectivity index (χ0n) is 55.8. The summed E-state index contributed by atoms with van der Waals surface area (Å²) in [5, 5.41) is 0. The molecule has 10 heteroatoms. The topological polar surface area (TPSA) is 111 Å². The van der Waals surface area contributed by atoms with Gasteiger partial charge >= 0.3 is 11.9 Å². The molecule has 0 saturated carbocycles. The van der Waals surface area contributed by atoms with E-state index >= 15 is 0 Å². The Morgan fingerprint density at radius 2 is 0.679 bits per heavy atom. The molecule has 2 unspecified atom stereocenters. The maximum atomic E-state index is 12.9. The molecule has 0 fully saturated rings. The predicted octanol–water partition coefficient (Wildman–Crippen LogP) is 22.5. The van der Waals surface area contributed by atoms with E-state index in [-0.39, 0.29) is 32.0 Å². The third-order valence-electron chi connectivity index (χ3n) is 15.7. The number of phosphoric acid groups is 1. The number of hydrogen-bond acceptors (Lipinski definition) is 8. The van der Waals surface area contributed by atoms with Crippen molar-refractivity contribution in [1.82, 2.24) is 0 Å². The van der Waals surface area contributed by atoms with Crippen molar-refractivity contribution in [1.29, 1.82) is 0 Å². The standard InChI is InChI=1S/C74H136NO8P/c1-6-8-10-12-14-16-18-20-22-24-26-28-30-32-34-36-37-39-41-43-45-47-49-51-53-55-57-59-61-63-65-67-74(77)83-72(71-82-84(78,79)81-69-68-75(3,4)5)70-80-73(76)66-64-62-60-58-56-54-52-50-48-46-44-42-40-38-35-33-31-29-27-25-23-21-19-17-15-13-11-9-7-2/h8,10,14,16,20,22,25-28,32,34,72H,6-7,9,11-13,15,17-19,21,23-24,29-31,33,35-71H2,1-5H3/b10-8-,16-14-,22-20-,27-25-,28-26-,34-32-. The van der Waals surface area contributed by atoms with E-state index in [1.54, 1.807) is 0 Å². The second-order valence-electron chi connectivity index (χ2n) is 25.2. The maximum absolute atomic E-state index is 12.9. The second kappa shape index (κ2) is 64.9. The maximum Gasteiger partial charge on any atom is 0.306 e. The smallest absolute Gasteiger partial charge is 0.306 e. The number of quaternary nitrogens is 1. The molecule has 0 aromatic rings. The molecule has 9 nitrogen and oxygen atoms in total. The first-order chi connectivity index (χ1) is 41.0. The molecule has 0 heterocycles. The highest BCUT2D eigenvalue weighted by Gasteiger charge is 2.22. The van der Waals surface area contributed by atoms with Crippen molar-refractivity contribution in [3.8, 4) is 0 Å². The van der Waals surface area contributed by atoms with Crippen molar-refractivity contribution in [3.05, 3.63) is 72.9 Å². The lowest BCUT2D eigenvalue weighted by molar-refractivity contribution is -0.870. The molecule has 0 radical (unpaired) electrons. The molecule has 0 saturated heterocycles. The monoisotopic (exact) mass is 1200 g/mol. The number of nitrogens with zero attached hydrogens (tertiary/aromatic N) is 1.